The van der Waals surface area contributed by atoms with E-state index in [2.05, 4.69) is 5.32 Å². The number of carboxylic acids is 1. The molecule has 0 spiro atoms. The second-order valence-electron chi connectivity index (χ2n) is 5.38. The molecule has 0 saturated heterocycles. The summed E-state index contributed by atoms with van der Waals surface area (Å²) in [5, 5.41) is 11.8. The van der Waals surface area contributed by atoms with E-state index in [1.54, 1.807) is 0 Å². The quantitative estimate of drug-likeness (QED) is 0.815. The van der Waals surface area contributed by atoms with Crippen molar-refractivity contribution < 1.29 is 27.9 Å². The molecule has 10 heteroatoms. The van der Waals surface area contributed by atoms with Crippen molar-refractivity contribution in [2.24, 2.45) is 0 Å². The number of hydrogen-bond acceptors (Lipinski definition) is 5. The highest BCUT2D eigenvalue weighted by molar-refractivity contribution is 7.90. The predicted molar refractivity (Wildman–Crippen MR) is 91.7 cm³/mol. The van der Waals surface area contributed by atoms with Crippen molar-refractivity contribution in [3.8, 4) is 0 Å². The van der Waals surface area contributed by atoms with Crippen LogP contribution in [0, 0.1) is 0 Å². The van der Waals surface area contributed by atoms with Crippen LogP contribution in [0.5, 0.6) is 0 Å². The Bertz CT molecular complexity index is 1030. The molecule has 0 fully saturated rings. The molecule has 0 bridgehead atoms. The molecule has 2 aromatic carbocycles. The van der Waals surface area contributed by atoms with Gasteiger partial charge in [0.05, 0.1) is 5.56 Å². The van der Waals surface area contributed by atoms with Crippen molar-refractivity contribution >= 4 is 45.1 Å². The maximum atomic E-state index is 12.4. The summed E-state index contributed by atoms with van der Waals surface area (Å²) in [5.41, 5.74) is 0.314. The van der Waals surface area contributed by atoms with Gasteiger partial charge in [0, 0.05) is 16.3 Å². The van der Waals surface area contributed by atoms with Crippen molar-refractivity contribution in [2.45, 2.75) is 4.90 Å². The van der Waals surface area contributed by atoms with Crippen LogP contribution in [0.3, 0.4) is 0 Å². The molecule has 2 aromatic rings. The third-order valence-electron chi connectivity index (χ3n) is 3.65. The van der Waals surface area contributed by atoms with E-state index >= 15 is 0 Å². The molecule has 26 heavy (non-hydrogen) atoms. The highest BCUT2D eigenvalue weighted by atomic mass is 35.5. The van der Waals surface area contributed by atoms with E-state index in [9.17, 15) is 22.8 Å². The summed E-state index contributed by atoms with van der Waals surface area (Å²) in [6.45, 7) is -0.970. The molecule has 2 N–H and O–H groups in total. The fourth-order valence-electron chi connectivity index (χ4n) is 2.44. The lowest BCUT2D eigenvalue weighted by atomic mass is 10.1. The number of fused-ring (bicyclic) bond motifs is 1. The van der Waals surface area contributed by atoms with Gasteiger partial charge in [0.15, 0.2) is 0 Å². The lowest BCUT2D eigenvalue weighted by Gasteiger charge is -2.11. The van der Waals surface area contributed by atoms with Crippen molar-refractivity contribution in [1.82, 2.24) is 4.31 Å². The standard InChI is InChI=1S/C16H11ClN2O6S/c17-10-3-1-9(2-4-10)15(22)18-11-5-6-12-13(7-11)26(24,25)19(16(12)23)8-14(20)21/h1-7H,8H2,(H,18,22)(H,20,21). The maximum absolute atomic E-state index is 12.4. The summed E-state index contributed by atoms with van der Waals surface area (Å²) in [4.78, 5) is 34.8. The van der Waals surface area contributed by atoms with Gasteiger partial charge < -0.3 is 10.4 Å². The van der Waals surface area contributed by atoms with Gasteiger partial charge in [-0.3, -0.25) is 14.4 Å². The predicted octanol–water partition coefficient (Wildman–Crippen LogP) is 1.82. The summed E-state index contributed by atoms with van der Waals surface area (Å²) >= 11 is 5.76. The van der Waals surface area contributed by atoms with Gasteiger partial charge in [0.1, 0.15) is 11.4 Å². The average Bonchev–Trinajstić information content (AvgIpc) is 2.76. The first kappa shape index (κ1) is 17.9. The third kappa shape index (κ3) is 3.14. The van der Waals surface area contributed by atoms with Crippen LogP contribution < -0.4 is 5.32 Å². The number of anilines is 1. The van der Waals surface area contributed by atoms with Gasteiger partial charge in [-0.15, -0.1) is 0 Å². The second-order valence-corrected chi connectivity index (χ2v) is 7.65. The second kappa shape index (κ2) is 6.43. The molecule has 8 nitrogen and oxygen atoms in total. The number of aliphatic carboxylic acids is 1. The minimum Gasteiger partial charge on any atom is -0.480 e. The van der Waals surface area contributed by atoms with Crippen LogP contribution in [0.4, 0.5) is 5.69 Å². The Kier molecular flexibility index (Phi) is 4.43. The number of nitrogens with one attached hydrogen (secondary N) is 1. The first-order chi connectivity index (χ1) is 12.2. The minimum absolute atomic E-state index is 0.143. The number of nitrogens with zero attached hydrogens (tertiary/aromatic N) is 1. The molecular weight excluding hydrogens is 384 g/mol. The summed E-state index contributed by atoms with van der Waals surface area (Å²) in [6, 6.07) is 9.79. The van der Waals surface area contributed by atoms with Crippen LogP contribution in [0.1, 0.15) is 20.7 Å². The van der Waals surface area contributed by atoms with Crippen molar-refractivity contribution in [3.05, 3.63) is 58.6 Å². The molecule has 1 aliphatic heterocycles. The van der Waals surface area contributed by atoms with Crippen LogP contribution >= 0.6 is 11.6 Å². The van der Waals surface area contributed by atoms with Crippen molar-refractivity contribution in [3.63, 3.8) is 0 Å². The number of benzene rings is 2. The number of sulfonamides is 1. The zero-order valence-electron chi connectivity index (χ0n) is 13.0. The maximum Gasteiger partial charge on any atom is 0.324 e. The molecule has 1 heterocycles. The van der Waals surface area contributed by atoms with Gasteiger partial charge in [-0.25, -0.2) is 12.7 Å². The first-order valence-electron chi connectivity index (χ1n) is 7.20. The molecule has 0 aromatic heterocycles. The van der Waals surface area contributed by atoms with Gasteiger partial charge in [0.2, 0.25) is 0 Å². The van der Waals surface area contributed by atoms with E-state index in [0.29, 0.717) is 10.6 Å². The molecule has 134 valence electrons. The topological polar surface area (TPSA) is 121 Å². The minimum atomic E-state index is -4.28. The largest absolute Gasteiger partial charge is 0.480 e. The van der Waals surface area contributed by atoms with E-state index < -0.39 is 34.4 Å². The number of halogens is 1. The smallest absolute Gasteiger partial charge is 0.324 e. The summed E-state index contributed by atoms with van der Waals surface area (Å²) in [6.07, 6.45) is 0. The Labute approximate surface area is 153 Å². The lowest BCUT2D eigenvalue weighted by Crippen LogP contribution is -2.34. The van der Waals surface area contributed by atoms with Crippen molar-refractivity contribution in [1.29, 1.82) is 0 Å². The number of carbonyl (C=O) groups excluding carboxylic acids is 2. The van der Waals surface area contributed by atoms with Crippen LogP contribution in [-0.2, 0) is 14.8 Å². The molecule has 0 radical (unpaired) electrons. The number of rotatable bonds is 4. The molecule has 0 aliphatic carbocycles. The third-order valence-corrected chi connectivity index (χ3v) is 5.67. The van der Waals surface area contributed by atoms with Crippen molar-refractivity contribution in [2.75, 3.05) is 11.9 Å². The summed E-state index contributed by atoms with van der Waals surface area (Å²) < 4.78 is 25.1. The Morgan fingerprint density at radius 1 is 1.12 bits per heavy atom. The normalized spacial score (nSPS) is 14.8. The molecule has 0 saturated carbocycles. The number of carbonyl (C=O) groups is 3. The Hall–Kier alpha value is -2.91. The molecule has 0 unspecified atom stereocenters. The first-order valence-corrected chi connectivity index (χ1v) is 9.02. The Balaban J connectivity index is 1.91. The number of carboxylic acid groups (broad SMARTS) is 1. The molecule has 1 aliphatic rings. The highest BCUT2D eigenvalue weighted by Crippen LogP contribution is 2.32. The van der Waals surface area contributed by atoms with E-state index in [1.165, 1.54) is 36.4 Å². The fraction of sp³-hybridized carbons (Fsp3) is 0.0625. The molecule has 2 amide bonds. The SMILES string of the molecule is O=C(O)CN1C(=O)c2ccc(NC(=O)c3ccc(Cl)cc3)cc2S1(=O)=O. The van der Waals surface area contributed by atoms with E-state index in [0.717, 1.165) is 6.07 Å². The van der Waals surface area contributed by atoms with Crippen LogP contribution in [0.25, 0.3) is 0 Å². The average molecular weight is 395 g/mol. The van der Waals surface area contributed by atoms with Crippen LogP contribution in [-0.4, -0.2) is 42.2 Å². The lowest BCUT2D eigenvalue weighted by molar-refractivity contribution is -0.136. The van der Waals surface area contributed by atoms with E-state index in [4.69, 9.17) is 16.7 Å². The van der Waals surface area contributed by atoms with Gasteiger partial charge >= 0.3 is 5.97 Å². The zero-order chi connectivity index (χ0) is 19.1. The fourth-order valence-corrected chi connectivity index (χ4v) is 4.11. The molecule has 0 atom stereocenters. The highest BCUT2D eigenvalue weighted by Gasteiger charge is 2.42. The monoisotopic (exact) mass is 394 g/mol. The zero-order valence-corrected chi connectivity index (χ0v) is 14.5. The summed E-state index contributed by atoms with van der Waals surface area (Å²) in [5.74, 6) is -2.87. The van der Waals surface area contributed by atoms with Gasteiger partial charge in [-0.05, 0) is 42.5 Å². The van der Waals surface area contributed by atoms with Gasteiger partial charge in [-0.2, -0.15) is 0 Å². The summed E-state index contributed by atoms with van der Waals surface area (Å²) in [7, 11) is -4.28. The van der Waals surface area contributed by atoms with E-state index in [-0.39, 0.29) is 20.5 Å². The molecule has 3 rings (SSSR count). The van der Waals surface area contributed by atoms with E-state index in [1.807, 2.05) is 0 Å². The van der Waals surface area contributed by atoms with Crippen LogP contribution in [0.2, 0.25) is 5.02 Å². The molecular formula is C16H11ClN2O6S. The van der Waals surface area contributed by atoms with Gasteiger partial charge in [-0.1, -0.05) is 11.6 Å². The number of amides is 2. The van der Waals surface area contributed by atoms with Gasteiger partial charge in [0.25, 0.3) is 21.8 Å². The Morgan fingerprint density at radius 3 is 2.38 bits per heavy atom. The Morgan fingerprint density at radius 2 is 1.77 bits per heavy atom. The van der Waals surface area contributed by atoms with Crippen LogP contribution in [0.15, 0.2) is 47.4 Å². The number of hydrogen-bond donors (Lipinski definition) is 2.